The molecule has 0 aliphatic rings. The molecule has 23 heavy (non-hydrogen) atoms. The van der Waals surface area contributed by atoms with Crippen LogP contribution in [0.25, 0.3) is 0 Å². The molecule has 5 nitrogen and oxygen atoms in total. The van der Waals surface area contributed by atoms with Gasteiger partial charge in [-0.1, -0.05) is 11.6 Å². The summed E-state index contributed by atoms with van der Waals surface area (Å²) in [6.45, 7) is 0. The van der Waals surface area contributed by atoms with Crippen molar-refractivity contribution in [1.82, 2.24) is 0 Å². The molecule has 2 aromatic rings. The molecule has 1 amide bonds. The SMILES string of the molecule is O=C(CSc1ccc(F)c(F)c1)Nc1cc(Cl)ccc1[N+](=O)[O-]. The van der Waals surface area contributed by atoms with Crippen molar-refractivity contribution >= 4 is 40.6 Å². The van der Waals surface area contributed by atoms with Crippen LogP contribution in [0.15, 0.2) is 41.3 Å². The summed E-state index contributed by atoms with van der Waals surface area (Å²) in [6.07, 6.45) is 0. The average Bonchev–Trinajstić information content (AvgIpc) is 2.48. The summed E-state index contributed by atoms with van der Waals surface area (Å²) in [5.74, 6) is -2.66. The van der Waals surface area contributed by atoms with E-state index in [-0.39, 0.29) is 22.2 Å². The Labute approximate surface area is 138 Å². The monoisotopic (exact) mass is 358 g/mol. The fourth-order valence-electron chi connectivity index (χ4n) is 1.67. The second-order valence-corrected chi connectivity index (χ2v) is 5.82. The van der Waals surface area contributed by atoms with Crippen LogP contribution in [-0.4, -0.2) is 16.6 Å². The van der Waals surface area contributed by atoms with Gasteiger partial charge in [0, 0.05) is 16.0 Å². The molecule has 0 saturated heterocycles. The van der Waals surface area contributed by atoms with E-state index in [4.69, 9.17) is 11.6 Å². The van der Waals surface area contributed by atoms with E-state index < -0.39 is 22.5 Å². The molecule has 0 spiro atoms. The second kappa shape index (κ2) is 7.38. The number of hydrogen-bond acceptors (Lipinski definition) is 4. The number of carbonyl (C=O) groups excluding carboxylic acids is 1. The fourth-order valence-corrected chi connectivity index (χ4v) is 2.56. The van der Waals surface area contributed by atoms with Gasteiger partial charge in [0.2, 0.25) is 5.91 Å². The molecule has 0 heterocycles. The number of nitrogens with one attached hydrogen (secondary N) is 1. The fraction of sp³-hybridized carbons (Fsp3) is 0.0714. The average molecular weight is 359 g/mol. The van der Waals surface area contributed by atoms with Crippen LogP contribution in [-0.2, 0) is 4.79 Å². The van der Waals surface area contributed by atoms with E-state index in [0.29, 0.717) is 4.90 Å². The third-order valence-corrected chi connectivity index (χ3v) is 3.92. The molecule has 120 valence electrons. The van der Waals surface area contributed by atoms with E-state index in [1.807, 2.05) is 0 Å². The molecule has 0 fully saturated rings. The largest absolute Gasteiger partial charge is 0.320 e. The highest BCUT2D eigenvalue weighted by Crippen LogP contribution is 2.28. The number of nitro groups is 1. The van der Waals surface area contributed by atoms with Crippen LogP contribution in [0.1, 0.15) is 0 Å². The highest BCUT2D eigenvalue weighted by atomic mass is 35.5. The van der Waals surface area contributed by atoms with Gasteiger partial charge in [-0.3, -0.25) is 14.9 Å². The van der Waals surface area contributed by atoms with Crippen LogP contribution in [0.2, 0.25) is 5.02 Å². The Morgan fingerprint density at radius 1 is 1.22 bits per heavy atom. The molecule has 0 aliphatic heterocycles. The van der Waals surface area contributed by atoms with Gasteiger partial charge in [-0.25, -0.2) is 8.78 Å². The summed E-state index contributed by atoms with van der Waals surface area (Å²) in [5.41, 5.74) is -0.320. The van der Waals surface area contributed by atoms with Gasteiger partial charge in [-0.2, -0.15) is 0 Å². The molecule has 0 saturated carbocycles. The predicted octanol–water partition coefficient (Wildman–Crippen LogP) is 4.26. The zero-order valence-electron chi connectivity index (χ0n) is 11.4. The number of benzene rings is 2. The van der Waals surface area contributed by atoms with Gasteiger partial charge in [-0.05, 0) is 30.3 Å². The standard InChI is InChI=1S/C14H9ClF2N2O3S/c15-8-1-4-13(19(21)22)12(5-8)18-14(20)7-23-9-2-3-10(16)11(17)6-9/h1-6H,7H2,(H,18,20). The van der Waals surface area contributed by atoms with Gasteiger partial charge in [-0.15, -0.1) is 11.8 Å². The highest BCUT2D eigenvalue weighted by molar-refractivity contribution is 8.00. The van der Waals surface area contributed by atoms with Crippen LogP contribution in [0.5, 0.6) is 0 Å². The number of nitrogens with zero attached hydrogens (tertiary/aromatic N) is 1. The summed E-state index contributed by atoms with van der Waals surface area (Å²) in [6, 6.07) is 7.04. The molecule has 0 atom stereocenters. The van der Waals surface area contributed by atoms with Crippen molar-refractivity contribution in [3.63, 3.8) is 0 Å². The summed E-state index contributed by atoms with van der Waals surface area (Å²) in [4.78, 5) is 22.5. The normalized spacial score (nSPS) is 10.4. The lowest BCUT2D eigenvalue weighted by molar-refractivity contribution is -0.383. The minimum atomic E-state index is -1.01. The van der Waals surface area contributed by atoms with Crippen molar-refractivity contribution in [2.75, 3.05) is 11.1 Å². The number of carbonyl (C=O) groups is 1. The summed E-state index contributed by atoms with van der Waals surface area (Å²) in [5, 5.41) is 13.5. The number of halogens is 3. The van der Waals surface area contributed by atoms with Crippen molar-refractivity contribution in [3.05, 3.63) is 63.2 Å². The molecule has 2 rings (SSSR count). The minimum Gasteiger partial charge on any atom is -0.320 e. The van der Waals surface area contributed by atoms with Crippen molar-refractivity contribution in [3.8, 4) is 0 Å². The molecular formula is C14H9ClF2N2O3S. The summed E-state index contributed by atoms with van der Waals surface area (Å²) >= 11 is 6.72. The molecule has 2 aromatic carbocycles. The van der Waals surface area contributed by atoms with E-state index >= 15 is 0 Å². The Morgan fingerprint density at radius 2 is 1.96 bits per heavy atom. The topological polar surface area (TPSA) is 72.2 Å². The number of hydrogen-bond donors (Lipinski definition) is 1. The smallest absolute Gasteiger partial charge is 0.292 e. The summed E-state index contributed by atoms with van der Waals surface area (Å²) in [7, 11) is 0. The van der Waals surface area contributed by atoms with Crippen LogP contribution in [0, 0.1) is 21.7 Å². The third-order valence-electron chi connectivity index (χ3n) is 2.69. The lowest BCUT2D eigenvalue weighted by Crippen LogP contribution is -2.15. The number of nitro benzene ring substituents is 1. The molecule has 0 radical (unpaired) electrons. The Kier molecular flexibility index (Phi) is 5.51. The summed E-state index contributed by atoms with van der Waals surface area (Å²) < 4.78 is 25.9. The first-order valence-corrected chi connectivity index (χ1v) is 7.55. The lowest BCUT2D eigenvalue weighted by Gasteiger charge is -2.06. The molecule has 0 aromatic heterocycles. The molecular weight excluding hydrogens is 350 g/mol. The van der Waals surface area contributed by atoms with E-state index in [0.717, 1.165) is 23.9 Å². The third kappa shape index (κ3) is 4.64. The van der Waals surface area contributed by atoms with Crippen molar-refractivity contribution < 1.29 is 18.5 Å². The zero-order chi connectivity index (χ0) is 17.0. The van der Waals surface area contributed by atoms with E-state index in [2.05, 4.69) is 5.32 Å². The van der Waals surface area contributed by atoms with Gasteiger partial charge in [0.1, 0.15) is 5.69 Å². The van der Waals surface area contributed by atoms with Crippen molar-refractivity contribution in [2.24, 2.45) is 0 Å². The van der Waals surface area contributed by atoms with Gasteiger partial charge < -0.3 is 5.32 Å². The van der Waals surface area contributed by atoms with Crippen LogP contribution < -0.4 is 5.32 Å². The van der Waals surface area contributed by atoms with Crippen molar-refractivity contribution in [2.45, 2.75) is 4.90 Å². The van der Waals surface area contributed by atoms with Crippen LogP contribution in [0.3, 0.4) is 0 Å². The first kappa shape index (κ1) is 17.2. The number of amides is 1. The molecule has 1 N–H and O–H groups in total. The Balaban J connectivity index is 2.03. The Morgan fingerprint density at radius 3 is 2.61 bits per heavy atom. The van der Waals surface area contributed by atoms with Gasteiger partial charge in [0.15, 0.2) is 11.6 Å². The van der Waals surface area contributed by atoms with Crippen LogP contribution >= 0.6 is 23.4 Å². The van der Waals surface area contributed by atoms with E-state index in [1.54, 1.807) is 0 Å². The van der Waals surface area contributed by atoms with Crippen molar-refractivity contribution in [1.29, 1.82) is 0 Å². The van der Waals surface area contributed by atoms with Gasteiger partial charge in [0.05, 0.1) is 10.7 Å². The maximum Gasteiger partial charge on any atom is 0.292 e. The molecule has 0 aliphatic carbocycles. The highest BCUT2D eigenvalue weighted by Gasteiger charge is 2.16. The van der Waals surface area contributed by atoms with Gasteiger partial charge in [0.25, 0.3) is 5.69 Å². The van der Waals surface area contributed by atoms with Gasteiger partial charge >= 0.3 is 0 Å². The Hall–Kier alpha value is -2.19. The first-order chi connectivity index (χ1) is 10.9. The number of thioether (sulfide) groups is 1. The molecule has 0 bridgehead atoms. The maximum absolute atomic E-state index is 13.1. The molecule has 9 heteroatoms. The van der Waals surface area contributed by atoms with E-state index in [1.165, 1.54) is 24.3 Å². The zero-order valence-corrected chi connectivity index (χ0v) is 13.0. The second-order valence-electron chi connectivity index (χ2n) is 4.33. The molecule has 0 unspecified atom stereocenters. The Bertz CT molecular complexity index is 774. The predicted molar refractivity (Wildman–Crippen MR) is 83.8 cm³/mol. The van der Waals surface area contributed by atoms with E-state index in [9.17, 15) is 23.7 Å². The van der Waals surface area contributed by atoms with Crippen LogP contribution in [0.4, 0.5) is 20.2 Å². The maximum atomic E-state index is 13.1. The lowest BCUT2D eigenvalue weighted by atomic mass is 10.2. The number of rotatable bonds is 5. The quantitative estimate of drug-likeness (QED) is 0.492. The number of anilines is 1. The minimum absolute atomic E-state index is 0.0293. The first-order valence-electron chi connectivity index (χ1n) is 6.18.